The van der Waals surface area contributed by atoms with E-state index in [2.05, 4.69) is 5.32 Å². The first-order valence-electron chi connectivity index (χ1n) is 5.53. The molecule has 0 radical (unpaired) electrons. The van der Waals surface area contributed by atoms with Gasteiger partial charge in [-0.25, -0.2) is 4.39 Å². The molecule has 1 amide bonds. The summed E-state index contributed by atoms with van der Waals surface area (Å²) in [5.41, 5.74) is 5.56. The van der Waals surface area contributed by atoms with Crippen LogP contribution in [-0.2, 0) is 11.3 Å². The molecular weight excluding hydrogens is 243 g/mol. The second-order valence-corrected chi connectivity index (χ2v) is 4.22. The van der Waals surface area contributed by atoms with Crippen LogP contribution >= 0.6 is 11.6 Å². The Morgan fingerprint density at radius 1 is 1.41 bits per heavy atom. The molecule has 0 spiro atoms. The predicted molar refractivity (Wildman–Crippen MR) is 66.2 cm³/mol. The summed E-state index contributed by atoms with van der Waals surface area (Å²) in [6, 6.07) is 4.93. The van der Waals surface area contributed by atoms with Gasteiger partial charge in [0.05, 0.1) is 5.02 Å². The van der Waals surface area contributed by atoms with Crippen LogP contribution in [0.15, 0.2) is 18.2 Å². The van der Waals surface area contributed by atoms with Crippen molar-refractivity contribution in [3.8, 4) is 0 Å². The molecule has 0 saturated carbocycles. The predicted octanol–water partition coefficient (Wildman–Crippen LogP) is 2.22. The molecule has 3 N–H and O–H groups in total. The molecule has 0 unspecified atom stereocenters. The lowest BCUT2D eigenvalue weighted by molar-refractivity contribution is -0.118. The van der Waals surface area contributed by atoms with Crippen LogP contribution in [0, 0.1) is 5.82 Å². The number of nitrogens with two attached hydrogens (primary N) is 1. The number of nitrogens with one attached hydrogen (secondary N) is 1. The van der Waals surface area contributed by atoms with Crippen LogP contribution in [0.5, 0.6) is 0 Å². The van der Waals surface area contributed by atoms with Gasteiger partial charge in [-0.05, 0) is 25.5 Å². The standard InChI is InChI=1S/C12H16ClFN2O/c13-10-5-3-4-9(12(10)14)8-16-7-2-1-6-11(15)17/h3-5,16H,1-2,6-8H2,(H2,15,17). The van der Waals surface area contributed by atoms with Crippen LogP contribution in [0.25, 0.3) is 0 Å². The Morgan fingerprint density at radius 2 is 2.18 bits per heavy atom. The highest BCUT2D eigenvalue weighted by atomic mass is 35.5. The van der Waals surface area contributed by atoms with Crippen molar-refractivity contribution in [3.63, 3.8) is 0 Å². The molecule has 1 rings (SSSR count). The summed E-state index contributed by atoms with van der Waals surface area (Å²) >= 11 is 5.66. The molecule has 94 valence electrons. The second kappa shape index (κ2) is 7.25. The fourth-order valence-electron chi connectivity index (χ4n) is 1.46. The third kappa shape index (κ3) is 5.15. The summed E-state index contributed by atoms with van der Waals surface area (Å²) in [5.74, 6) is -0.662. The van der Waals surface area contributed by atoms with Gasteiger partial charge in [0.25, 0.3) is 0 Å². The summed E-state index contributed by atoms with van der Waals surface area (Å²) in [4.78, 5) is 10.5. The second-order valence-electron chi connectivity index (χ2n) is 3.81. The van der Waals surface area contributed by atoms with Crippen LogP contribution in [-0.4, -0.2) is 12.5 Å². The Morgan fingerprint density at radius 3 is 2.88 bits per heavy atom. The summed E-state index contributed by atoms with van der Waals surface area (Å²) in [6.07, 6.45) is 1.98. The molecule has 0 fully saturated rings. The molecule has 5 heteroatoms. The first-order valence-corrected chi connectivity index (χ1v) is 5.91. The molecule has 1 aromatic rings. The van der Waals surface area contributed by atoms with Crippen molar-refractivity contribution < 1.29 is 9.18 Å². The van der Waals surface area contributed by atoms with Gasteiger partial charge in [-0.2, -0.15) is 0 Å². The van der Waals surface area contributed by atoms with E-state index in [0.29, 0.717) is 18.5 Å². The lowest BCUT2D eigenvalue weighted by atomic mass is 10.2. The Kier molecular flexibility index (Phi) is 5.94. The summed E-state index contributed by atoms with van der Waals surface area (Å²) < 4.78 is 13.4. The average molecular weight is 259 g/mol. The highest BCUT2D eigenvalue weighted by Gasteiger charge is 2.04. The number of benzene rings is 1. The maximum Gasteiger partial charge on any atom is 0.217 e. The fraction of sp³-hybridized carbons (Fsp3) is 0.417. The molecule has 0 aromatic heterocycles. The van der Waals surface area contributed by atoms with E-state index < -0.39 is 0 Å². The monoisotopic (exact) mass is 258 g/mol. The van der Waals surface area contributed by atoms with Crippen molar-refractivity contribution in [2.24, 2.45) is 5.73 Å². The van der Waals surface area contributed by atoms with Crippen molar-refractivity contribution in [2.45, 2.75) is 25.8 Å². The van der Waals surface area contributed by atoms with Crippen molar-refractivity contribution in [2.75, 3.05) is 6.54 Å². The maximum atomic E-state index is 13.4. The molecule has 0 bridgehead atoms. The Hall–Kier alpha value is -1.13. The number of carbonyl (C=O) groups excluding carboxylic acids is 1. The van der Waals surface area contributed by atoms with Crippen molar-refractivity contribution in [1.29, 1.82) is 0 Å². The minimum absolute atomic E-state index is 0.137. The zero-order chi connectivity index (χ0) is 12.7. The Balaban J connectivity index is 2.22. The largest absolute Gasteiger partial charge is 0.370 e. The van der Waals surface area contributed by atoms with Crippen LogP contribution in [0.4, 0.5) is 4.39 Å². The number of carbonyl (C=O) groups is 1. The van der Waals surface area contributed by atoms with Gasteiger partial charge in [0.1, 0.15) is 5.82 Å². The highest BCUT2D eigenvalue weighted by molar-refractivity contribution is 6.30. The summed E-state index contributed by atoms with van der Waals surface area (Å²) in [6.45, 7) is 1.15. The number of primary amides is 1. The molecule has 17 heavy (non-hydrogen) atoms. The first-order chi connectivity index (χ1) is 8.11. The number of hydrogen-bond acceptors (Lipinski definition) is 2. The van der Waals surface area contributed by atoms with Gasteiger partial charge in [-0.1, -0.05) is 23.7 Å². The minimum atomic E-state index is -0.376. The van der Waals surface area contributed by atoms with E-state index in [1.807, 2.05) is 0 Å². The van der Waals surface area contributed by atoms with Crippen molar-refractivity contribution >= 4 is 17.5 Å². The third-order valence-electron chi connectivity index (χ3n) is 2.37. The zero-order valence-corrected chi connectivity index (χ0v) is 10.3. The fourth-order valence-corrected chi connectivity index (χ4v) is 1.65. The highest BCUT2D eigenvalue weighted by Crippen LogP contribution is 2.17. The lowest BCUT2D eigenvalue weighted by Gasteiger charge is -2.06. The Bertz CT molecular complexity index is 385. The van der Waals surface area contributed by atoms with Crippen LogP contribution in [0.1, 0.15) is 24.8 Å². The smallest absolute Gasteiger partial charge is 0.217 e. The van der Waals surface area contributed by atoms with Gasteiger partial charge in [-0.15, -0.1) is 0 Å². The Labute approximate surface area is 105 Å². The molecule has 1 aromatic carbocycles. The molecule has 0 atom stereocenters. The van der Waals surface area contributed by atoms with E-state index in [0.717, 1.165) is 19.4 Å². The number of amides is 1. The SMILES string of the molecule is NC(=O)CCCCNCc1cccc(Cl)c1F. The summed E-state index contributed by atoms with van der Waals surface area (Å²) in [7, 11) is 0. The van der Waals surface area contributed by atoms with Gasteiger partial charge in [0, 0.05) is 18.5 Å². The zero-order valence-electron chi connectivity index (χ0n) is 9.51. The topological polar surface area (TPSA) is 55.1 Å². The van der Waals surface area contributed by atoms with E-state index in [-0.39, 0.29) is 16.7 Å². The maximum absolute atomic E-state index is 13.4. The van der Waals surface area contributed by atoms with Gasteiger partial charge < -0.3 is 11.1 Å². The quantitative estimate of drug-likeness (QED) is 0.737. The minimum Gasteiger partial charge on any atom is -0.370 e. The normalized spacial score (nSPS) is 10.5. The van der Waals surface area contributed by atoms with E-state index in [1.165, 1.54) is 6.07 Å². The first kappa shape index (κ1) is 13.9. The molecule has 0 heterocycles. The molecule has 0 aliphatic rings. The lowest BCUT2D eigenvalue weighted by Crippen LogP contribution is -2.17. The van der Waals surface area contributed by atoms with Crippen molar-refractivity contribution in [3.05, 3.63) is 34.6 Å². The molecule has 0 saturated heterocycles. The number of halogens is 2. The average Bonchev–Trinajstić information content (AvgIpc) is 2.28. The van der Waals surface area contributed by atoms with E-state index in [1.54, 1.807) is 12.1 Å². The number of rotatable bonds is 7. The van der Waals surface area contributed by atoms with E-state index in [9.17, 15) is 9.18 Å². The molecule has 0 aliphatic carbocycles. The van der Waals surface area contributed by atoms with E-state index in [4.69, 9.17) is 17.3 Å². The third-order valence-corrected chi connectivity index (χ3v) is 2.67. The van der Waals surface area contributed by atoms with E-state index >= 15 is 0 Å². The van der Waals surface area contributed by atoms with Crippen LogP contribution in [0.2, 0.25) is 5.02 Å². The van der Waals surface area contributed by atoms with Gasteiger partial charge in [-0.3, -0.25) is 4.79 Å². The van der Waals surface area contributed by atoms with Crippen molar-refractivity contribution in [1.82, 2.24) is 5.32 Å². The number of unbranched alkanes of at least 4 members (excludes halogenated alkanes) is 1. The van der Waals surface area contributed by atoms with Crippen LogP contribution in [0.3, 0.4) is 0 Å². The molecule has 3 nitrogen and oxygen atoms in total. The number of hydrogen-bond donors (Lipinski definition) is 2. The molecule has 0 aliphatic heterocycles. The van der Waals surface area contributed by atoms with Gasteiger partial charge >= 0.3 is 0 Å². The van der Waals surface area contributed by atoms with Gasteiger partial charge in [0.2, 0.25) is 5.91 Å². The van der Waals surface area contributed by atoms with Crippen LogP contribution < -0.4 is 11.1 Å². The van der Waals surface area contributed by atoms with Gasteiger partial charge in [0.15, 0.2) is 0 Å². The summed E-state index contributed by atoms with van der Waals surface area (Å²) in [5, 5.41) is 3.23. The molecular formula is C12H16ClFN2O.